The van der Waals surface area contributed by atoms with Crippen molar-refractivity contribution in [2.24, 2.45) is 5.10 Å². The minimum absolute atomic E-state index is 0.0537. The van der Waals surface area contributed by atoms with Crippen LogP contribution in [-0.2, 0) is 4.79 Å². The number of carbonyl (C=O) groups excluding carboxylic acids is 1. The van der Waals surface area contributed by atoms with Gasteiger partial charge in [0.2, 0.25) is 0 Å². The van der Waals surface area contributed by atoms with Crippen LogP contribution in [0.15, 0.2) is 58.1 Å². The number of rotatable bonds is 7. The summed E-state index contributed by atoms with van der Waals surface area (Å²) in [5.74, 6) is 0.190. The highest BCUT2D eigenvalue weighted by atomic mass is 79.9. The zero-order valence-electron chi connectivity index (χ0n) is 13.2. The van der Waals surface area contributed by atoms with Crippen molar-refractivity contribution >= 4 is 27.5 Å². The average molecular weight is 413 g/mol. The third kappa shape index (κ3) is 6.50. The number of alkyl halides is 2. The van der Waals surface area contributed by atoms with E-state index in [4.69, 9.17) is 4.74 Å². The molecule has 0 unspecified atom stereocenters. The first kappa shape index (κ1) is 18.9. The quantitative estimate of drug-likeness (QED) is 0.552. The van der Waals surface area contributed by atoms with Crippen LogP contribution in [0, 0.1) is 0 Å². The Hall–Kier alpha value is -2.48. The van der Waals surface area contributed by atoms with Crippen molar-refractivity contribution < 1.29 is 23.0 Å². The summed E-state index contributed by atoms with van der Waals surface area (Å²) >= 11 is 3.31. The number of carbonyl (C=O) groups is 1. The second-order valence-electron chi connectivity index (χ2n) is 4.88. The highest BCUT2D eigenvalue weighted by molar-refractivity contribution is 9.10. The predicted octanol–water partition coefficient (Wildman–Crippen LogP) is 3.97. The maximum Gasteiger partial charge on any atom is 0.387 e. The van der Waals surface area contributed by atoms with Gasteiger partial charge in [-0.1, -0.05) is 22.0 Å². The van der Waals surface area contributed by atoms with Gasteiger partial charge in [0.25, 0.3) is 5.91 Å². The van der Waals surface area contributed by atoms with Crippen LogP contribution in [0.1, 0.15) is 12.5 Å². The van der Waals surface area contributed by atoms with Crippen LogP contribution < -0.4 is 14.9 Å². The van der Waals surface area contributed by atoms with E-state index < -0.39 is 12.5 Å². The van der Waals surface area contributed by atoms with Gasteiger partial charge in [-0.25, -0.2) is 5.43 Å². The number of hydrogen-bond acceptors (Lipinski definition) is 4. The monoisotopic (exact) mass is 412 g/mol. The Morgan fingerprint density at radius 2 is 1.92 bits per heavy atom. The first-order valence-corrected chi connectivity index (χ1v) is 8.00. The van der Waals surface area contributed by atoms with Gasteiger partial charge in [-0.3, -0.25) is 4.79 Å². The Bertz CT molecular complexity index is 752. The molecule has 0 fully saturated rings. The molecule has 0 saturated carbocycles. The molecule has 8 heteroatoms. The van der Waals surface area contributed by atoms with Gasteiger partial charge in [0, 0.05) is 4.47 Å². The topological polar surface area (TPSA) is 59.9 Å². The fraction of sp³-hybridized carbons (Fsp3) is 0.176. The molecule has 0 aliphatic carbocycles. The van der Waals surface area contributed by atoms with Gasteiger partial charge in [-0.05, 0) is 55.0 Å². The summed E-state index contributed by atoms with van der Waals surface area (Å²) in [6, 6.07) is 13.1. The average Bonchev–Trinajstić information content (AvgIpc) is 2.58. The Balaban J connectivity index is 1.86. The summed E-state index contributed by atoms with van der Waals surface area (Å²) in [7, 11) is 0. The molecule has 5 nitrogen and oxygen atoms in total. The van der Waals surface area contributed by atoms with Crippen molar-refractivity contribution in [3.05, 3.63) is 58.6 Å². The largest absolute Gasteiger partial charge is 0.484 e. The smallest absolute Gasteiger partial charge is 0.387 e. The van der Waals surface area contributed by atoms with Crippen LogP contribution in [0.25, 0.3) is 0 Å². The van der Waals surface area contributed by atoms with Gasteiger partial charge >= 0.3 is 6.61 Å². The molecule has 2 rings (SSSR count). The highest BCUT2D eigenvalue weighted by Gasteiger charge is 2.06. The third-order valence-electron chi connectivity index (χ3n) is 3.01. The molecule has 1 amide bonds. The molecule has 0 saturated heterocycles. The molecule has 132 valence electrons. The molecule has 25 heavy (non-hydrogen) atoms. The maximum absolute atomic E-state index is 12.1. The maximum atomic E-state index is 12.1. The molecular weight excluding hydrogens is 398 g/mol. The molecule has 0 spiro atoms. The molecule has 2 aromatic rings. The Labute approximate surface area is 151 Å². The first-order chi connectivity index (χ1) is 11.9. The van der Waals surface area contributed by atoms with E-state index in [1.54, 1.807) is 37.3 Å². The number of nitrogens with one attached hydrogen (secondary N) is 1. The third-order valence-corrected chi connectivity index (χ3v) is 3.50. The van der Waals surface area contributed by atoms with Gasteiger partial charge in [0.1, 0.15) is 11.5 Å². The Kier molecular flexibility index (Phi) is 6.88. The fourth-order valence-electron chi connectivity index (χ4n) is 1.83. The highest BCUT2D eigenvalue weighted by Crippen LogP contribution is 2.17. The van der Waals surface area contributed by atoms with Gasteiger partial charge in [-0.15, -0.1) is 0 Å². The van der Waals surface area contributed by atoms with E-state index >= 15 is 0 Å². The molecule has 0 aliphatic heterocycles. The summed E-state index contributed by atoms with van der Waals surface area (Å²) in [6.45, 7) is -1.38. The van der Waals surface area contributed by atoms with Gasteiger partial charge in [-0.2, -0.15) is 13.9 Å². The molecular formula is C17H15BrF2N2O3. The first-order valence-electron chi connectivity index (χ1n) is 7.21. The van der Waals surface area contributed by atoms with E-state index in [0.29, 0.717) is 17.0 Å². The molecule has 0 heterocycles. The SMILES string of the molecule is C/C(=N/NC(=O)COc1cccc(Br)c1)c1ccc(OC(F)F)cc1. The van der Waals surface area contributed by atoms with Crippen LogP contribution >= 0.6 is 15.9 Å². The Morgan fingerprint density at radius 1 is 1.20 bits per heavy atom. The van der Waals surface area contributed by atoms with Crippen LogP contribution in [-0.4, -0.2) is 24.8 Å². The second kappa shape index (κ2) is 9.12. The van der Waals surface area contributed by atoms with Crippen LogP contribution in [0.3, 0.4) is 0 Å². The lowest BCUT2D eigenvalue weighted by Gasteiger charge is -2.07. The van der Waals surface area contributed by atoms with Crippen molar-refractivity contribution in [2.75, 3.05) is 6.61 Å². The normalized spacial score (nSPS) is 11.3. The van der Waals surface area contributed by atoms with E-state index in [-0.39, 0.29) is 12.4 Å². The minimum Gasteiger partial charge on any atom is -0.484 e. The fourth-order valence-corrected chi connectivity index (χ4v) is 2.20. The predicted molar refractivity (Wildman–Crippen MR) is 93.1 cm³/mol. The lowest BCUT2D eigenvalue weighted by molar-refractivity contribution is -0.123. The van der Waals surface area contributed by atoms with E-state index in [9.17, 15) is 13.6 Å². The van der Waals surface area contributed by atoms with Crippen LogP contribution in [0.5, 0.6) is 11.5 Å². The van der Waals surface area contributed by atoms with Crippen LogP contribution in [0.2, 0.25) is 0 Å². The van der Waals surface area contributed by atoms with Crippen molar-refractivity contribution in [1.29, 1.82) is 0 Å². The Morgan fingerprint density at radius 3 is 2.56 bits per heavy atom. The minimum atomic E-state index is -2.87. The molecule has 0 bridgehead atoms. The van der Waals surface area contributed by atoms with Crippen LogP contribution in [0.4, 0.5) is 8.78 Å². The van der Waals surface area contributed by atoms with Gasteiger partial charge in [0.15, 0.2) is 6.61 Å². The second-order valence-corrected chi connectivity index (χ2v) is 5.80. The number of amides is 1. The number of hydrogen-bond donors (Lipinski definition) is 1. The van der Waals surface area contributed by atoms with Crippen molar-refractivity contribution in [3.8, 4) is 11.5 Å². The summed E-state index contributed by atoms with van der Waals surface area (Å²) in [5.41, 5.74) is 3.55. The van der Waals surface area contributed by atoms with Crippen molar-refractivity contribution in [1.82, 2.24) is 5.43 Å². The van der Waals surface area contributed by atoms with E-state index in [1.165, 1.54) is 12.1 Å². The van der Waals surface area contributed by atoms with Gasteiger partial charge < -0.3 is 9.47 Å². The van der Waals surface area contributed by atoms with Crippen molar-refractivity contribution in [2.45, 2.75) is 13.5 Å². The number of hydrazone groups is 1. The van der Waals surface area contributed by atoms with E-state index in [1.807, 2.05) is 6.07 Å². The zero-order chi connectivity index (χ0) is 18.2. The number of halogens is 3. The van der Waals surface area contributed by atoms with Gasteiger partial charge in [0.05, 0.1) is 5.71 Å². The number of benzene rings is 2. The summed E-state index contributed by atoms with van der Waals surface area (Å²) in [4.78, 5) is 11.8. The zero-order valence-corrected chi connectivity index (χ0v) is 14.8. The summed E-state index contributed by atoms with van der Waals surface area (Å²) in [6.07, 6.45) is 0. The lowest BCUT2D eigenvalue weighted by Crippen LogP contribution is -2.25. The molecule has 2 aromatic carbocycles. The molecule has 1 N–H and O–H groups in total. The van der Waals surface area contributed by atoms with Crippen molar-refractivity contribution in [3.63, 3.8) is 0 Å². The summed E-state index contributed by atoms with van der Waals surface area (Å²) in [5, 5.41) is 3.95. The molecule has 0 aromatic heterocycles. The van der Waals surface area contributed by atoms with E-state index in [2.05, 4.69) is 31.2 Å². The number of ether oxygens (including phenoxy) is 2. The molecule has 0 aliphatic rings. The van der Waals surface area contributed by atoms with E-state index in [0.717, 1.165) is 4.47 Å². The summed E-state index contributed by atoms with van der Waals surface area (Å²) < 4.78 is 34.7. The molecule has 0 radical (unpaired) electrons. The number of nitrogens with zero attached hydrogens (tertiary/aromatic N) is 1. The molecule has 0 atom stereocenters. The lowest BCUT2D eigenvalue weighted by atomic mass is 10.1. The standard InChI is InChI=1S/C17H15BrF2N2O3/c1-11(12-5-7-14(8-6-12)25-17(19)20)21-22-16(23)10-24-15-4-2-3-13(18)9-15/h2-9,17H,10H2,1H3,(H,22,23)/b21-11-.